The normalized spacial score (nSPS) is 18.4. The number of aryl methyl sites for hydroxylation is 1. The number of piperidine rings is 1. The number of carbonyl (C=O) groups excluding carboxylic acids is 1. The molecule has 1 aliphatic heterocycles. The lowest BCUT2D eigenvalue weighted by molar-refractivity contribution is 0.0538. The van der Waals surface area contributed by atoms with Crippen LogP contribution in [0.2, 0.25) is 5.02 Å². The molecule has 1 aliphatic rings. The molecule has 8 nitrogen and oxygen atoms in total. The van der Waals surface area contributed by atoms with E-state index >= 15 is 0 Å². The average Bonchev–Trinajstić information content (AvgIpc) is 3.49. The minimum Gasteiger partial charge on any atom is -0.424 e. The van der Waals surface area contributed by atoms with Gasteiger partial charge in [-0.05, 0) is 61.6 Å². The van der Waals surface area contributed by atoms with Crippen LogP contribution in [-0.2, 0) is 0 Å². The first-order chi connectivity index (χ1) is 16.4. The van der Waals surface area contributed by atoms with Gasteiger partial charge in [0, 0.05) is 18.1 Å². The first-order valence-electron chi connectivity index (χ1n) is 11.2. The van der Waals surface area contributed by atoms with E-state index in [0.29, 0.717) is 46.5 Å². The molecule has 1 amide bonds. The third kappa shape index (κ3) is 4.23. The van der Waals surface area contributed by atoms with Gasteiger partial charge in [0.15, 0.2) is 5.58 Å². The Bertz CT molecular complexity index is 1340. The number of amides is 1. The number of fused-ring (bicyclic) bond motifs is 1. The number of hydrogen-bond donors (Lipinski definition) is 1. The highest BCUT2D eigenvalue weighted by atomic mass is 35.5. The van der Waals surface area contributed by atoms with E-state index in [1.54, 1.807) is 36.1 Å². The molecule has 4 aromatic rings. The summed E-state index contributed by atoms with van der Waals surface area (Å²) >= 11 is 6.05. The van der Waals surface area contributed by atoms with Crippen LogP contribution in [-0.4, -0.2) is 49.9 Å². The van der Waals surface area contributed by atoms with Crippen LogP contribution in [0, 0.1) is 18.7 Å². The number of oxazole rings is 1. The molecule has 0 bridgehead atoms. The molecule has 2 atom stereocenters. The molecule has 2 aromatic carbocycles. The molecule has 1 saturated heterocycles. The molecule has 2 aromatic heterocycles. The van der Waals surface area contributed by atoms with Crippen molar-refractivity contribution < 1.29 is 13.6 Å². The minimum absolute atomic E-state index is 0.136. The van der Waals surface area contributed by atoms with Gasteiger partial charge in [0.1, 0.15) is 11.3 Å². The second kappa shape index (κ2) is 9.06. The highest BCUT2D eigenvalue weighted by Crippen LogP contribution is 2.29. The number of carbonyl (C=O) groups is 1. The van der Waals surface area contributed by atoms with E-state index in [0.717, 1.165) is 12.8 Å². The quantitative estimate of drug-likeness (QED) is 0.437. The molecular weight excluding hydrogens is 459 g/mol. The van der Waals surface area contributed by atoms with Crippen LogP contribution in [0.1, 0.15) is 35.7 Å². The van der Waals surface area contributed by atoms with E-state index < -0.39 is 5.82 Å². The van der Waals surface area contributed by atoms with E-state index in [-0.39, 0.29) is 23.4 Å². The van der Waals surface area contributed by atoms with Crippen molar-refractivity contribution in [2.24, 2.45) is 5.92 Å². The maximum atomic E-state index is 14.5. The van der Waals surface area contributed by atoms with Gasteiger partial charge in [-0.3, -0.25) is 4.79 Å². The van der Waals surface area contributed by atoms with Crippen LogP contribution in [0.25, 0.3) is 16.8 Å². The van der Waals surface area contributed by atoms with Gasteiger partial charge in [0.2, 0.25) is 0 Å². The zero-order chi connectivity index (χ0) is 23.8. The van der Waals surface area contributed by atoms with Crippen molar-refractivity contribution in [1.82, 2.24) is 24.9 Å². The van der Waals surface area contributed by atoms with Crippen molar-refractivity contribution in [2.45, 2.75) is 32.7 Å². The lowest BCUT2D eigenvalue weighted by atomic mass is 9.90. The standard InChI is InChI=1S/C24H24ClFN6O2/c1-14-4-3-9-31(21(14)13-27-24-30-19-11-16(25)5-6-22(19)34-24)23(33)17-12-18(26)15(2)10-20(17)32-28-7-8-29-32/h5-8,10-12,14,21H,3-4,9,13H2,1-2H3,(H,27,30)/t14-,21-/m1/s1. The predicted octanol–water partition coefficient (Wildman–Crippen LogP) is 4.86. The lowest BCUT2D eigenvalue weighted by Gasteiger charge is -2.40. The monoisotopic (exact) mass is 482 g/mol. The minimum atomic E-state index is -0.441. The summed E-state index contributed by atoms with van der Waals surface area (Å²) < 4.78 is 20.3. The summed E-state index contributed by atoms with van der Waals surface area (Å²) in [4.78, 5) is 21.3. The SMILES string of the molecule is Cc1cc(-n2nccn2)c(C(=O)N2CCC[C@@H](C)[C@H]2CNc2nc3cc(Cl)ccc3o2)cc1F. The van der Waals surface area contributed by atoms with Gasteiger partial charge >= 0.3 is 0 Å². The topological polar surface area (TPSA) is 89.1 Å². The summed E-state index contributed by atoms with van der Waals surface area (Å²) in [5, 5.41) is 12.1. The summed E-state index contributed by atoms with van der Waals surface area (Å²) in [5.74, 6) is -0.469. The van der Waals surface area contributed by atoms with E-state index in [4.69, 9.17) is 16.0 Å². The fourth-order valence-electron chi connectivity index (χ4n) is 4.48. The van der Waals surface area contributed by atoms with E-state index in [1.807, 2.05) is 0 Å². The molecular formula is C24H24ClFN6O2. The number of benzene rings is 2. The Balaban J connectivity index is 1.42. The van der Waals surface area contributed by atoms with Crippen molar-refractivity contribution >= 4 is 34.6 Å². The van der Waals surface area contributed by atoms with Gasteiger partial charge in [-0.15, -0.1) is 0 Å². The number of likely N-dealkylation sites (tertiary alicyclic amines) is 1. The van der Waals surface area contributed by atoms with Gasteiger partial charge in [-0.1, -0.05) is 18.5 Å². The number of rotatable bonds is 5. The number of nitrogens with one attached hydrogen (secondary N) is 1. The Labute approximate surface area is 200 Å². The Hall–Kier alpha value is -3.46. The fraction of sp³-hybridized carbons (Fsp3) is 0.333. The third-order valence-electron chi connectivity index (χ3n) is 6.33. The molecule has 5 rings (SSSR count). The van der Waals surface area contributed by atoms with Crippen molar-refractivity contribution in [3.8, 4) is 5.69 Å². The molecule has 0 saturated carbocycles. The van der Waals surface area contributed by atoms with Gasteiger partial charge in [0.25, 0.3) is 11.9 Å². The number of nitrogens with zero attached hydrogens (tertiary/aromatic N) is 5. The van der Waals surface area contributed by atoms with Crippen molar-refractivity contribution in [1.29, 1.82) is 0 Å². The summed E-state index contributed by atoms with van der Waals surface area (Å²) in [6, 6.07) is 8.37. The predicted molar refractivity (Wildman–Crippen MR) is 127 cm³/mol. The molecule has 0 unspecified atom stereocenters. The number of hydrogen-bond acceptors (Lipinski definition) is 6. The third-order valence-corrected chi connectivity index (χ3v) is 6.57. The summed E-state index contributed by atoms with van der Waals surface area (Å²) in [6.07, 6.45) is 4.90. The largest absolute Gasteiger partial charge is 0.424 e. The van der Waals surface area contributed by atoms with E-state index in [2.05, 4.69) is 27.4 Å². The highest BCUT2D eigenvalue weighted by Gasteiger charge is 2.34. The molecule has 1 N–H and O–H groups in total. The summed E-state index contributed by atoms with van der Waals surface area (Å²) in [5.41, 5.74) is 2.39. The molecule has 10 heteroatoms. The lowest BCUT2D eigenvalue weighted by Crippen LogP contribution is -2.51. The van der Waals surface area contributed by atoms with Crippen LogP contribution in [0.3, 0.4) is 0 Å². The highest BCUT2D eigenvalue weighted by molar-refractivity contribution is 6.31. The van der Waals surface area contributed by atoms with E-state index in [1.165, 1.54) is 23.3 Å². The Morgan fingerprint density at radius 1 is 1.26 bits per heavy atom. The van der Waals surface area contributed by atoms with Gasteiger partial charge in [-0.25, -0.2) is 4.39 Å². The maximum absolute atomic E-state index is 14.5. The Morgan fingerprint density at radius 3 is 2.85 bits per heavy atom. The molecule has 176 valence electrons. The first kappa shape index (κ1) is 22.3. The van der Waals surface area contributed by atoms with Gasteiger partial charge < -0.3 is 14.6 Å². The van der Waals surface area contributed by atoms with Crippen LogP contribution in [0.4, 0.5) is 10.4 Å². The zero-order valence-corrected chi connectivity index (χ0v) is 19.6. The maximum Gasteiger partial charge on any atom is 0.295 e. The second-order valence-corrected chi connectivity index (χ2v) is 9.07. The zero-order valence-electron chi connectivity index (χ0n) is 18.8. The van der Waals surface area contributed by atoms with Crippen molar-refractivity contribution in [3.05, 3.63) is 64.7 Å². The molecule has 1 fully saturated rings. The number of halogens is 2. The Morgan fingerprint density at radius 2 is 2.06 bits per heavy atom. The average molecular weight is 483 g/mol. The van der Waals surface area contributed by atoms with Crippen LogP contribution < -0.4 is 5.32 Å². The molecule has 0 radical (unpaired) electrons. The van der Waals surface area contributed by atoms with Crippen LogP contribution in [0.15, 0.2) is 47.1 Å². The van der Waals surface area contributed by atoms with Crippen molar-refractivity contribution in [2.75, 3.05) is 18.4 Å². The van der Waals surface area contributed by atoms with Crippen LogP contribution >= 0.6 is 11.6 Å². The molecule has 34 heavy (non-hydrogen) atoms. The van der Waals surface area contributed by atoms with Crippen LogP contribution in [0.5, 0.6) is 0 Å². The first-order valence-corrected chi connectivity index (χ1v) is 11.6. The van der Waals surface area contributed by atoms with Gasteiger partial charge in [0.05, 0.1) is 29.7 Å². The summed E-state index contributed by atoms with van der Waals surface area (Å²) in [7, 11) is 0. The smallest absolute Gasteiger partial charge is 0.295 e. The molecule has 3 heterocycles. The fourth-order valence-corrected chi connectivity index (χ4v) is 4.64. The molecule has 0 spiro atoms. The Kier molecular flexibility index (Phi) is 5.95. The second-order valence-electron chi connectivity index (χ2n) is 8.63. The van der Waals surface area contributed by atoms with Gasteiger partial charge in [-0.2, -0.15) is 20.0 Å². The number of anilines is 1. The van der Waals surface area contributed by atoms with E-state index in [9.17, 15) is 9.18 Å². The number of aromatic nitrogens is 4. The molecule has 0 aliphatic carbocycles. The van der Waals surface area contributed by atoms with Crippen molar-refractivity contribution in [3.63, 3.8) is 0 Å². The summed E-state index contributed by atoms with van der Waals surface area (Å²) in [6.45, 7) is 4.78.